The van der Waals surface area contributed by atoms with Crippen molar-refractivity contribution in [2.45, 2.75) is 86.5 Å². The lowest BCUT2D eigenvalue weighted by Gasteiger charge is -2.42. The zero-order valence-corrected chi connectivity index (χ0v) is 18.7. The molecule has 8 heteroatoms. The number of thioether (sulfide) groups is 1. The maximum atomic E-state index is 12.7. The van der Waals surface area contributed by atoms with Crippen LogP contribution in [-0.2, 0) is 20.9 Å². The van der Waals surface area contributed by atoms with Crippen molar-refractivity contribution in [3.8, 4) is 0 Å². The van der Waals surface area contributed by atoms with Crippen LogP contribution in [0.1, 0.15) is 45.1 Å². The summed E-state index contributed by atoms with van der Waals surface area (Å²) in [6, 6.07) is 9.80. The number of β-lactam (4-membered cyclic amide) rings is 1. The Labute approximate surface area is 186 Å². The lowest BCUT2D eigenvalue weighted by atomic mass is 9.96. The zero-order valence-electron chi connectivity index (χ0n) is 17.9. The number of hydrogen-bond donors (Lipinski definition) is 1. The second-order valence-electron chi connectivity index (χ2n) is 9.53. The number of hydrogen-bond acceptors (Lipinski definition) is 5. The summed E-state index contributed by atoms with van der Waals surface area (Å²) in [6.45, 7) is 4.43. The van der Waals surface area contributed by atoms with Crippen LogP contribution in [0.15, 0.2) is 35.3 Å². The first-order chi connectivity index (χ1) is 14.8. The van der Waals surface area contributed by atoms with Crippen molar-refractivity contribution in [3.05, 3.63) is 35.9 Å². The van der Waals surface area contributed by atoms with E-state index in [0.29, 0.717) is 18.7 Å². The van der Waals surface area contributed by atoms with Crippen molar-refractivity contribution < 1.29 is 19.4 Å². The number of carbonyl (C=O) groups excluding carboxylic acids is 1. The molecule has 7 nitrogen and oxygen atoms in total. The van der Waals surface area contributed by atoms with E-state index in [9.17, 15) is 14.7 Å². The standard InChI is InChI=1S/C23H29N3O4S/c1-23(2)19(22(28)29)26-20(27)18(21(26)31-23)24-13-25-15-8-9-16(25)11-17(10-15)30-12-14-6-4-3-5-7-14/h3-7,13,15-19,21H,8-12H2,1-2H3,(H,28,29)/t15?,16?,17?,18-,19+,21-/m1/s1. The summed E-state index contributed by atoms with van der Waals surface area (Å²) in [7, 11) is 0. The number of piperidine rings is 1. The minimum absolute atomic E-state index is 0.167. The zero-order chi connectivity index (χ0) is 21.8. The Hall–Kier alpha value is -2.06. The number of carbonyl (C=O) groups is 2. The summed E-state index contributed by atoms with van der Waals surface area (Å²) in [5.41, 5.74) is 1.20. The minimum atomic E-state index is -0.939. The van der Waals surface area contributed by atoms with Crippen molar-refractivity contribution in [1.82, 2.24) is 9.80 Å². The van der Waals surface area contributed by atoms with Crippen LogP contribution in [0, 0.1) is 0 Å². The van der Waals surface area contributed by atoms with Gasteiger partial charge in [0.05, 0.1) is 19.0 Å². The Morgan fingerprint density at radius 2 is 1.94 bits per heavy atom. The van der Waals surface area contributed by atoms with Crippen LogP contribution in [0.25, 0.3) is 0 Å². The maximum Gasteiger partial charge on any atom is 0.327 e. The van der Waals surface area contributed by atoms with E-state index in [0.717, 1.165) is 25.7 Å². The van der Waals surface area contributed by atoms with Crippen LogP contribution >= 0.6 is 11.8 Å². The number of fused-ring (bicyclic) bond motifs is 3. The van der Waals surface area contributed by atoms with E-state index in [1.54, 1.807) is 11.8 Å². The molecule has 4 heterocycles. The van der Waals surface area contributed by atoms with E-state index in [1.165, 1.54) is 10.5 Å². The van der Waals surface area contributed by atoms with Gasteiger partial charge in [-0.25, -0.2) is 4.79 Å². The van der Waals surface area contributed by atoms with Gasteiger partial charge >= 0.3 is 5.97 Å². The number of aliphatic imine (C=N–C) groups is 1. The first kappa shape index (κ1) is 20.8. The van der Waals surface area contributed by atoms with Gasteiger partial charge in [-0.1, -0.05) is 30.3 Å². The minimum Gasteiger partial charge on any atom is -0.480 e. The summed E-state index contributed by atoms with van der Waals surface area (Å²) in [5, 5.41) is 9.39. The smallest absolute Gasteiger partial charge is 0.327 e. The number of rotatable bonds is 6. The van der Waals surface area contributed by atoms with Gasteiger partial charge in [-0.3, -0.25) is 9.79 Å². The number of nitrogens with zero attached hydrogens (tertiary/aromatic N) is 3. The van der Waals surface area contributed by atoms with Crippen LogP contribution in [-0.4, -0.2) is 73.5 Å². The Kier molecular flexibility index (Phi) is 5.25. The molecular weight excluding hydrogens is 414 g/mol. The number of carboxylic acid groups (broad SMARTS) is 1. The molecule has 4 saturated heterocycles. The Balaban J connectivity index is 1.19. The fraction of sp³-hybridized carbons (Fsp3) is 0.609. The normalized spacial score (nSPS) is 36.0. The van der Waals surface area contributed by atoms with Crippen LogP contribution < -0.4 is 0 Å². The molecule has 1 aromatic rings. The Morgan fingerprint density at radius 1 is 1.26 bits per heavy atom. The van der Waals surface area contributed by atoms with E-state index in [2.05, 4.69) is 22.0 Å². The summed E-state index contributed by atoms with van der Waals surface area (Å²) >= 11 is 1.55. The fourth-order valence-electron chi connectivity index (χ4n) is 5.55. The molecule has 0 aliphatic carbocycles. The van der Waals surface area contributed by atoms with Gasteiger partial charge in [-0.05, 0) is 45.1 Å². The topological polar surface area (TPSA) is 82.4 Å². The second-order valence-corrected chi connectivity index (χ2v) is 11.3. The van der Waals surface area contributed by atoms with Crippen molar-refractivity contribution in [2.24, 2.45) is 4.99 Å². The van der Waals surface area contributed by atoms with Gasteiger partial charge in [0.2, 0.25) is 0 Å². The summed E-state index contributed by atoms with van der Waals surface area (Å²) < 4.78 is 5.69. The lowest BCUT2D eigenvalue weighted by Crippen LogP contribution is -2.65. The SMILES string of the molecule is CC1(C)S[C@@H]2[C@H](N=CN3C4CCC3CC(OCc3ccccc3)C4)C(=O)N2[C@H]1C(=O)O. The van der Waals surface area contributed by atoms with E-state index in [4.69, 9.17) is 4.74 Å². The van der Waals surface area contributed by atoms with Crippen molar-refractivity contribution in [1.29, 1.82) is 0 Å². The third kappa shape index (κ3) is 3.63. The van der Waals surface area contributed by atoms with Crippen LogP contribution in [0.3, 0.4) is 0 Å². The van der Waals surface area contributed by atoms with Gasteiger partial charge in [0.25, 0.3) is 5.91 Å². The van der Waals surface area contributed by atoms with Gasteiger partial charge in [-0.2, -0.15) is 0 Å². The third-order valence-corrected chi connectivity index (χ3v) is 8.64. The highest BCUT2D eigenvalue weighted by atomic mass is 32.2. The molecule has 1 amide bonds. The van der Waals surface area contributed by atoms with E-state index in [-0.39, 0.29) is 17.4 Å². The molecule has 0 spiro atoms. The van der Waals surface area contributed by atoms with E-state index >= 15 is 0 Å². The Bertz CT molecular complexity index is 878. The molecule has 4 aliphatic rings. The molecule has 0 radical (unpaired) electrons. The quantitative estimate of drug-likeness (QED) is 0.414. The van der Waals surface area contributed by atoms with E-state index in [1.807, 2.05) is 38.4 Å². The number of ether oxygens (including phenoxy) is 1. The third-order valence-electron chi connectivity index (χ3n) is 7.08. The highest BCUT2D eigenvalue weighted by Gasteiger charge is 2.64. The molecule has 2 unspecified atom stereocenters. The molecule has 0 saturated carbocycles. The fourth-order valence-corrected chi connectivity index (χ4v) is 7.18. The van der Waals surface area contributed by atoms with Crippen molar-refractivity contribution >= 4 is 30.0 Å². The van der Waals surface area contributed by atoms with Gasteiger partial charge in [0.15, 0.2) is 6.04 Å². The van der Waals surface area contributed by atoms with Gasteiger partial charge in [0, 0.05) is 16.8 Å². The van der Waals surface area contributed by atoms with Gasteiger partial charge < -0.3 is 19.6 Å². The monoisotopic (exact) mass is 443 g/mol. The summed E-state index contributed by atoms with van der Waals surface area (Å²) in [6.07, 6.45) is 6.33. The molecule has 5 rings (SSSR count). The molecule has 1 aromatic carbocycles. The average molecular weight is 444 g/mol. The molecule has 5 atom stereocenters. The van der Waals surface area contributed by atoms with Crippen LogP contribution in [0.5, 0.6) is 0 Å². The summed E-state index contributed by atoms with van der Waals surface area (Å²) in [5.74, 6) is -1.11. The first-order valence-electron chi connectivity index (χ1n) is 11.0. The second kappa shape index (κ2) is 7.81. The molecular formula is C23H29N3O4S. The lowest BCUT2D eigenvalue weighted by molar-refractivity contribution is -0.158. The highest BCUT2D eigenvalue weighted by Crippen LogP contribution is 2.51. The average Bonchev–Trinajstić information content (AvgIpc) is 3.13. The van der Waals surface area contributed by atoms with Gasteiger partial charge in [-0.15, -0.1) is 11.8 Å². The van der Waals surface area contributed by atoms with Crippen LogP contribution in [0.4, 0.5) is 0 Å². The molecule has 166 valence electrons. The molecule has 31 heavy (non-hydrogen) atoms. The molecule has 2 bridgehead atoms. The van der Waals surface area contributed by atoms with E-state index < -0.39 is 22.8 Å². The van der Waals surface area contributed by atoms with Crippen molar-refractivity contribution in [2.75, 3.05) is 0 Å². The van der Waals surface area contributed by atoms with Crippen molar-refractivity contribution in [3.63, 3.8) is 0 Å². The Morgan fingerprint density at radius 3 is 2.58 bits per heavy atom. The predicted molar refractivity (Wildman–Crippen MR) is 119 cm³/mol. The predicted octanol–water partition coefficient (Wildman–Crippen LogP) is 2.74. The maximum absolute atomic E-state index is 12.7. The number of carboxylic acids is 1. The van der Waals surface area contributed by atoms with Gasteiger partial charge in [0.1, 0.15) is 11.4 Å². The first-order valence-corrected chi connectivity index (χ1v) is 11.9. The largest absolute Gasteiger partial charge is 0.480 e. The number of aliphatic carboxylic acids is 1. The number of amides is 1. The summed E-state index contributed by atoms with van der Waals surface area (Å²) in [4.78, 5) is 32.8. The molecule has 4 aliphatic heterocycles. The molecule has 4 fully saturated rings. The van der Waals surface area contributed by atoms with Crippen LogP contribution in [0.2, 0.25) is 0 Å². The highest BCUT2D eigenvalue weighted by molar-refractivity contribution is 8.01. The number of benzene rings is 1. The molecule has 1 N–H and O–H groups in total. The molecule has 0 aromatic heterocycles.